The zero-order valence-corrected chi connectivity index (χ0v) is 24.9. The van der Waals surface area contributed by atoms with Crippen LogP contribution in [0.25, 0.3) is 0 Å². The molecule has 2 heterocycles. The second-order valence-electron chi connectivity index (χ2n) is 10.2. The number of nitrogens with zero attached hydrogens (tertiary/aromatic N) is 2. The molecule has 1 fully saturated rings. The molecule has 0 saturated carbocycles. The summed E-state index contributed by atoms with van der Waals surface area (Å²) < 4.78 is 11.0. The van der Waals surface area contributed by atoms with Gasteiger partial charge in [-0.2, -0.15) is 0 Å². The van der Waals surface area contributed by atoms with Gasteiger partial charge in [-0.1, -0.05) is 19.9 Å². The van der Waals surface area contributed by atoms with Crippen molar-refractivity contribution in [2.75, 3.05) is 45.6 Å². The number of hydrogen-bond acceptors (Lipinski definition) is 8. The Balaban J connectivity index is 0.000000230. The van der Waals surface area contributed by atoms with Gasteiger partial charge in [-0.25, -0.2) is 0 Å². The number of nitrogens with two attached hydrogens (primary N) is 1. The summed E-state index contributed by atoms with van der Waals surface area (Å²) in [6.07, 6.45) is 4.58. The van der Waals surface area contributed by atoms with Gasteiger partial charge in [0.05, 0.1) is 31.5 Å². The summed E-state index contributed by atoms with van der Waals surface area (Å²) in [7, 11) is 1.58. The molecule has 226 valence electrons. The predicted octanol–water partition coefficient (Wildman–Crippen LogP) is 4.05. The first kappa shape index (κ1) is 32.2. The van der Waals surface area contributed by atoms with E-state index >= 15 is 0 Å². The fourth-order valence-electron chi connectivity index (χ4n) is 4.72. The van der Waals surface area contributed by atoms with Crippen LogP contribution >= 0.6 is 0 Å². The first-order chi connectivity index (χ1) is 20.1. The lowest BCUT2D eigenvalue weighted by atomic mass is 10.0. The van der Waals surface area contributed by atoms with E-state index in [0.29, 0.717) is 18.9 Å². The molecule has 0 spiro atoms. The number of phenols is 1. The summed E-state index contributed by atoms with van der Waals surface area (Å²) in [5.74, 6) is 0.758. The largest absolute Gasteiger partial charge is 0.507 e. The highest BCUT2D eigenvalue weighted by molar-refractivity contribution is 6.04. The molecule has 0 unspecified atom stereocenters. The lowest BCUT2D eigenvalue weighted by Gasteiger charge is -2.26. The molecule has 10 heteroatoms. The van der Waals surface area contributed by atoms with Crippen molar-refractivity contribution < 1.29 is 28.6 Å². The number of hydrogen-bond donors (Lipinski definition) is 3. The van der Waals surface area contributed by atoms with E-state index in [4.69, 9.17) is 14.9 Å². The Hall–Kier alpha value is -4.31. The fraction of sp³-hybridized carbons (Fsp3) is 0.406. The average Bonchev–Trinajstić information content (AvgIpc) is 3.48. The molecule has 4 N–H and O–H groups in total. The zero-order chi connectivity index (χ0) is 30.6. The Bertz CT molecular complexity index is 1360. The number of ketones is 1. The van der Waals surface area contributed by atoms with Gasteiger partial charge >= 0.3 is 0 Å². The molecular weight excluding hydrogens is 536 g/mol. The molecular formula is C32H42N4O6. The maximum Gasteiger partial charge on any atom is 0.257 e. The number of Topliss-reactive ketones (excluding diaryl/α,β-unsaturated/α-hetero) is 1. The maximum atomic E-state index is 12.3. The van der Waals surface area contributed by atoms with E-state index in [9.17, 15) is 19.5 Å². The van der Waals surface area contributed by atoms with Crippen molar-refractivity contribution in [1.82, 2.24) is 15.1 Å². The van der Waals surface area contributed by atoms with E-state index in [1.807, 2.05) is 0 Å². The van der Waals surface area contributed by atoms with Crippen LogP contribution in [0.5, 0.6) is 11.5 Å². The summed E-state index contributed by atoms with van der Waals surface area (Å²) in [5.41, 5.74) is 8.83. The first-order valence-electron chi connectivity index (χ1n) is 14.3. The molecule has 4 rings (SSSR count). The monoisotopic (exact) mass is 578 g/mol. The molecule has 2 aromatic carbocycles. The van der Waals surface area contributed by atoms with E-state index in [1.165, 1.54) is 41.3 Å². The number of anilines is 1. The van der Waals surface area contributed by atoms with Gasteiger partial charge in [-0.15, -0.1) is 0 Å². The molecule has 1 aliphatic heterocycles. The number of aryl methyl sites for hydroxylation is 2. The zero-order valence-electron chi connectivity index (χ0n) is 24.9. The molecule has 0 radical (unpaired) electrons. The highest BCUT2D eigenvalue weighted by Crippen LogP contribution is 2.26. The number of furan rings is 1. The van der Waals surface area contributed by atoms with Gasteiger partial charge in [0.1, 0.15) is 17.3 Å². The van der Waals surface area contributed by atoms with Crippen molar-refractivity contribution in [3.05, 3.63) is 76.7 Å². The van der Waals surface area contributed by atoms with Gasteiger partial charge in [0.15, 0.2) is 5.78 Å². The quantitative estimate of drug-likeness (QED) is 0.176. The Morgan fingerprint density at radius 2 is 1.88 bits per heavy atom. The molecule has 10 nitrogen and oxygen atoms in total. The standard InChI is InChI=1S/C17H26N2O2.C15H16N2O4/c1-3-14-6-7-16(12-15(14)4-2)21-11-5-9-19-10-8-18-17(20)13-19;1-9(18)11-6-12(14(19)7-13(11)16)15(20)17(2)8-10-4-3-5-21-10/h6-7,12H,3-5,8-11,13H2,1-2H3,(H,18,20);3-7,19H,8,16H2,1-2H3. The number of ether oxygens (including phenoxy) is 1. The second-order valence-corrected chi connectivity index (χ2v) is 10.2. The van der Waals surface area contributed by atoms with Crippen LogP contribution in [0.3, 0.4) is 0 Å². The van der Waals surface area contributed by atoms with Crippen LogP contribution in [-0.4, -0.2) is 72.3 Å². The molecule has 1 aliphatic rings. The van der Waals surface area contributed by atoms with Crippen molar-refractivity contribution in [3.8, 4) is 11.5 Å². The van der Waals surface area contributed by atoms with Gasteiger partial charge in [0, 0.05) is 44.0 Å². The number of phenolic OH excluding ortho intramolecular Hbond substituents is 1. The molecule has 0 bridgehead atoms. The second kappa shape index (κ2) is 15.6. The SMILES string of the molecule is CC(=O)c1cc(C(=O)N(C)Cc2ccco2)c(O)cc1N.CCc1ccc(OCCCN2CCNC(=O)C2)cc1CC. The van der Waals surface area contributed by atoms with Crippen LogP contribution < -0.4 is 15.8 Å². The van der Waals surface area contributed by atoms with Gasteiger partial charge in [-0.05, 0) is 67.6 Å². The number of carbonyl (C=O) groups is 3. The lowest BCUT2D eigenvalue weighted by Crippen LogP contribution is -2.47. The number of aromatic hydroxyl groups is 1. The number of amides is 2. The van der Waals surface area contributed by atoms with Crippen molar-refractivity contribution in [2.45, 2.75) is 46.6 Å². The Labute approximate surface area is 247 Å². The highest BCUT2D eigenvalue weighted by Gasteiger charge is 2.20. The van der Waals surface area contributed by atoms with Gasteiger partial charge in [0.25, 0.3) is 5.91 Å². The minimum atomic E-state index is -0.425. The van der Waals surface area contributed by atoms with E-state index in [2.05, 4.69) is 42.3 Å². The third-order valence-electron chi connectivity index (χ3n) is 7.04. The summed E-state index contributed by atoms with van der Waals surface area (Å²) in [6.45, 7) is 9.81. The minimum absolute atomic E-state index is 0.0310. The Morgan fingerprint density at radius 3 is 2.52 bits per heavy atom. The van der Waals surface area contributed by atoms with Crippen molar-refractivity contribution in [1.29, 1.82) is 0 Å². The molecule has 1 saturated heterocycles. The topological polar surface area (TPSA) is 138 Å². The smallest absolute Gasteiger partial charge is 0.257 e. The highest BCUT2D eigenvalue weighted by atomic mass is 16.5. The molecule has 3 aromatic rings. The molecule has 0 aliphatic carbocycles. The number of benzene rings is 2. The van der Waals surface area contributed by atoms with Crippen LogP contribution in [0, 0.1) is 0 Å². The van der Waals surface area contributed by atoms with Crippen LogP contribution in [0.4, 0.5) is 5.69 Å². The Kier molecular flexibility index (Phi) is 12.0. The van der Waals surface area contributed by atoms with Crippen LogP contribution in [-0.2, 0) is 24.2 Å². The molecule has 42 heavy (non-hydrogen) atoms. The fourth-order valence-corrected chi connectivity index (χ4v) is 4.72. The van der Waals surface area contributed by atoms with Gasteiger partial charge in [-0.3, -0.25) is 19.3 Å². The van der Waals surface area contributed by atoms with Crippen molar-refractivity contribution in [2.24, 2.45) is 0 Å². The summed E-state index contributed by atoms with van der Waals surface area (Å²) in [4.78, 5) is 38.7. The molecule has 0 atom stereocenters. The normalized spacial score (nSPS) is 13.1. The van der Waals surface area contributed by atoms with E-state index in [-0.39, 0.29) is 40.8 Å². The van der Waals surface area contributed by atoms with Crippen LogP contribution in [0.2, 0.25) is 0 Å². The number of rotatable bonds is 11. The van der Waals surface area contributed by atoms with Gasteiger partial charge < -0.3 is 30.2 Å². The van der Waals surface area contributed by atoms with Crippen LogP contribution in [0.1, 0.15) is 64.8 Å². The molecule has 2 amide bonds. The third-order valence-corrected chi connectivity index (χ3v) is 7.04. The van der Waals surface area contributed by atoms with Crippen molar-refractivity contribution >= 4 is 23.3 Å². The number of nitrogens with one attached hydrogen (secondary N) is 1. The van der Waals surface area contributed by atoms with Crippen LogP contribution in [0.15, 0.2) is 53.1 Å². The van der Waals surface area contributed by atoms with Gasteiger partial charge in [0.2, 0.25) is 5.91 Å². The number of carbonyl (C=O) groups excluding carboxylic acids is 3. The number of piperazine rings is 1. The Morgan fingerprint density at radius 1 is 1.12 bits per heavy atom. The van der Waals surface area contributed by atoms with E-state index < -0.39 is 5.91 Å². The first-order valence-corrected chi connectivity index (χ1v) is 14.3. The predicted molar refractivity (Wildman–Crippen MR) is 162 cm³/mol. The van der Waals surface area contributed by atoms with E-state index in [0.717, 1.165) is 44.6 Å². The third kappa shape index (κ3) is 9.10. The number of nitrogen functional groups attached to an aromatic ring is 1. The van der Waals surface area contributed by atoms with E-state index in [1.54, 1.807) is 19.2 Å². The van der Waals surface area contributed by atoms with Crippen molar-refractivity contribution in [3.63, 3.8) is 0 Å². The molecule has 1 aromatic heterocycles. The summed E-state index contributed by atoms with van der Waals surface area (Å²) >= 11 is 0. The lowest BCUT2D eigenvalue weighted by molar-refractivity contribution is -0.124. The average molecular weight is 579 g/mol. The maximum absolute atomic E-state index is 12.3. The minimum Gasteiger partial charge on any atom is -0.507 e. The summed E-state index contributed by atoms with van der Waals surface area (Å²) in [5, 5.41) is 12.7. The summed E-state index contributed by atoms with van der Waals surface area (Å²) in [6, 6.07) is 12.4.